The van der Waals surface area contributed by atoms with Gasteiger partial charge in [-0.25, -0.2) is 0 Å². The van der Waals surface area contributed by atoms with Crippen molar-refractivity contribution in [3.8, 4) is 0 Å². The van der Waals surface area contributed by atoms with Gasteiger partial charge in [0.05, 0.1) is 6.42 Å². The van der Waals surface area contributed by atoms with E-state index in [1.165, 1.54) is 11.8 Å². The van der Waals surface area contributed by atoms with E-state index in [0.29, 0.717) is 5.75 Å². The van der Waals surface area contributed by atoms with Crippen LogP contribution < -0.4 is 5.73 Å². The lowest BCUT2D eigenvalue weighted by atomic mass is 10.3. The van der Waals surface area contributed by atoms with Crippen molar-refractivity contribution in [3.63, 3.8) is 0 Å². The molecule has 0 fully saturated rings. The van der Waals surface area contributed by atoms with Crippen LogP contribution in [0.2, 0.25) is 0 Å². The molecule has 12 heavy (non-hydrogen) atoms. The van der Waals surface area contributed by atoms with Gasteiger partial charge in [-0.3, -0.25) is 0 Å². The molecule has 0 aliphatic carbocycles. The molecular weight excluding hydrogens is 187 g/mol. The summed E-state index contributed by atoms with van der Waals surface area (Å²) in [6.45, 7) is 1.93. The van der Waals surface area contributed by atoms with Crippen molar-refractivity contribution in [2.75, 3.05) is 11.5 Å². The van der Waals surface area contributed by atoms with Crippen LogP contribution in [0.4, 0.5) is 13.2 Å². The fraction of sp³-hybridized carbons (Fsp3) is 1.00. The molecule has 0 amide bonds. The van der Waals surface area contributed by atoms with Crippen molar-refractivity contribution in [2.45, 2.75) is 32.0 Å². The second-order valence-electron chi connectivity index (χ2n) is 2.61. The van der Waals surface area contributed by atoms with E-state index in [1.54, 1.807) is 0 Å². The van der Waals surface area contributed by atoms with Crippen LogP contribution in [0.1, 0.15) is 19.8 Å². The number of halogens is 3. The van der Waals surface area contributed by atoms with Crippen molar-refractivity contribution in [2.24, 2.45) is 5.73 Å². The van der Waals surface area contributed by atoms with Gasteiger partial charge in [0.25, 0.3) is 0 Å². The van der Waals surface area contributed by atoms with Gasteiger partial charge in [-0.1, -0.05) is 6.92 Å². The summed E-state index contributed by atoms with van der Waals surface area (Å²) in [5.41, 5.74) is 5.52. The zero-order valence-electron chi connectivity index (χ0n) is 7.03. The third-order valence-corrected chi connectivity index (χ3v) is 2.54. The first kappa shape index (κ1) is 12.1. The molecular formula is C7H14F3NS. The Morgan fingerprint density at radius 1 is 1.42 bits per heavy atom. The SMILES string of the molecule is CCC(N)CSCCC(F)(F)F. The maximum absolute atomic E-state index is 11.6. The van der Waals surface area contributed by atoms with Gasteiger partial charge in [0, 0.05) is 17.5 Å². The smallest absolute Gasteiger partial charge is 0.327 e. The normalized spacial score (nSPS) is 14.8. The number of hydrogen-bond acceptors (Lipinski definition) is 2. The van der Waals surface area contributed by atoms with Crippen molar-refractivity contribution in [1.29, 1.82) is 0 Å². The molecule has 0 aliphatic rings. The monoisotopic (exact) mass is 201 g/mol. The average molecular weight is 201 g/mol. The van der Waals surface area contributed by atoms with Gasteiger partial charge in [0.15, 0.2) is 0 Å². The van der Waals surface area contributed by atoms with Crippen LogP contribution >= 0.6 is 11.8 Å². The van der Waals surface area contributed by atoms with Crippen molar-refractivity contribution < 1.29 is 13.2 Å². The third-order valence-electron chi connectivity index (χ3n) is 1.39. The first-order chi connectivity index (χ1) is 5.45. The first-order valence-electron chi connectivity index (χ1n) is 3.85. The van der Waals surface area contributed by atoms with E-state index in [1.807, 2.05) is 6.92 Å². The Balaban J connectivity index is 3.22. The predicted molar refractivity (Wildman–Crippen MR) is 46.3 cm³/mol. The minimum Gasteiger partial charge on any atom is -0.327 e. The highest BCUT2D eigenvalue weighted by Crippen LogP contribution is 2.22. The van der Waals surface area contributed by atoms with E-state index in [4.69, 9.17) is 5.73 Å². The zero-order chi connectivity index (χ0) is 9.61. The molecule has 74 valence electrons. The fourth-order valence-electron chi connectivity index (χ4n) is 0.540. The van der Waals surface area contributed by atoms with E-state index >= 15 is 0 Å². The lowest BCUT2D eigenvalue weighted by molar-refractivity contribution is -0.129. The molecule has 1 atom stereocenters. The van der Waals surface area contributed by atoms with Gasteiger partial charge < -0.3 is 5.73 Å². The largest absolute Gasteiger partial charge is 0.389 e. The maximum Gasteiger partial charge on any atom is 0.389 e. The van der Waals surface area contributed by atoms with Crippen molar-refractivity contribution in [1.82, 2.24) is 0 Å². The molecule has 0 rings (SSSR count). The maximum atomic E-state index is 11.6. The van der Waals surface area contributed by atoms with Gasteiger partial charge in [0.1, 0.15) is 0 Å². The lowest BCUT2D eigenvalue weighted by Gasteiger charge is -2.08. The molecule has 0 saturated carbocycles. The fourth-order valence-corrected chi connectivity index (χ4v) is 1.62. The van der Waals surface area contributed by atoms with Crippen molar-refractivity contribution >= 4 is 11.8 Å². The first-order valence-corrected chi connectivity index (χ1v) is 5.01. The molecule has 5 heteroatoms. The Bertz CT molecular complexity index is 116. The number of nitrogens with two attached hydrogens (primary N) is 1. The number of thioether (sulfide) groups is 1. The molecule has 1 nitrogen and oxygen atoms in total. The van der Waals surface area contributed by atoms with Crippen LogP contribution in [-0.4, -0.2) is 23.7 Å². The van der Waals surface area contributed by atoms with Gasteiger partial charge in [-0.2, -0.15) is 24.9 Å². The summed E-state index contributed by atoms with van der Waals surface area (Å²) in [6, 6.07) is 0.0308. The molecule has 0 aromatic heterocycles. The molecule has 0 bridgehead atoms. The highest BCUT2D eigenvalue weighted by molar-refractivity contribution is 7.99. The van der Waals surface area contributed by atoms with Crippen LogP contribution in [0, 0.1) is 0 Å². The molecule has 0 heterocycles. The topological polar surface area (TPSA) is 26.0 Å². The van der Waals surface area contributed by atoms with E-state index in [0.717, 1.165) is 6.42 Å². The molecule has 0 radical (unpaired) electrons. The van der Waals surface area contributed by atoms with Crippen molar-refractivity contribution in [3.05, 3.63) is 0 Å². The third kappa shape index (κ3) is 8.20. The molecule has 1 unspecified atom stereocenters. The summed E-state index contributed by atoms with van der Waals surface area (Å²) < 4.78 is 34.9. The standard InChI is InChI=1S/C7H14F3NS/c1-2-6(11)5-12-4-3-7(8,9)10/h6H,2-5,11H2,1H3. The van der Waals surface area contributed by atoms with E-state index in [2.05, 4.69) is 0 Å². The van der Waals surface area contributed by atoms with E-state index in [-0.39, 0.29) is 11.8 Å². The van der Waals surface area contributed by atoms with Crippen LogP contribution in [-0.2, 0) is 0 Å². The van der Waals surface area contributed by atoms with Gasteiger partial charge in [-0.15, -0.1) is 0 Å². The van der Waals surface area contributed by atoms with Crippen LogP contribution in [0.5, 0.6) is 0 Å². The lowest BCUT2D eigenvalue weighted by Crippen LogP contribution is -2.21. The second-order valence-corrected chi connectivity index (χ2v) is 3.76. The van der Waals surface area contributed by atoms with E-state index < -0.39 is 12.6 Å². The van der Waals surface area contributed by atoms with Gasteiger partial charge in [0.2, 0.25) is 0 Å². The second kappa shape index (κ2) is 5.70. The van der Waals surface area contributed by atoms with Crippen LogP contribution in [0.15, 0.2) is 0 Å². The quantitative estimate of drug-likeness (QED) is 0.691. The molecule has 0 aromatic carbocycles. The molecule has 2 N–H and O–H groups in total. The summed E-state index contributed by atoms with van der Waals surface area (Å²) >= 11 is 1.27. The zero-order valence-corrected chi connectivity index (χ0v) is 7.84. The van der Waals surface area contributed by atoms with Crippen LogP contribution in [0.25, 0.3) is 0 Å². The molecule has 0 saturated heterocycles. The summed E-state index contributed by atoms with van der Waals surface area (Å²) in [5.74, 6) is 0.740. The Kier molecular flexibility index (Phi) is 5.74. The molecule has 0 aliphatic heterocycles. The Morgan fingerprint density at radius 2 is 2.00 bits per heavy atom. The van der Waals surface area contributed by atoms with Gasteiger partial charge >= 0.3 is 6.18 Å². The highest BCUT2D eigenvalue weighted by atomic mass is 32.2. The summed E-state index contributed by atoms with van der Waals surface area (Å²) in [4.78, 5) is 0. The summed E-state index contributed by atoms with van der Waals surface area (Å²) in [7, 11) is 0. The minimum absolute atomic E-state index is 0.0308. The summed E-state index contributed by atoms with van der Waals surface area (Å²) in [5, 5.41) is 0. The number of hydrogen-bond donors (Lipinski definition) is 1. The average Bonchev–Trinajstić information content (AvgIpc) is 1.96. The summed E-state index contributed by atoms with van der Waals surface area (Å²) in [6.07, 6.45) is -3.92. The Hall–Kier alpha value is 0.100. The van der Waals surface area contributed by atoms with Crippen LogP contribution in [0.3, 0.4) is 0 Å². The predicted octanol–water partition coefficient (Wildman–Crippen LogP) is 2.41. The number of alkyl halides is 3. The molecule has 0 aromatic rings. The Morgan fingerprint density at radius 3 is 2.42 bits per heavy atom. The Labute approximate surface area is 74.9 Å². The van der Waals surface area contributed by atoms with Gasteiger partial charge in [-0.05, 0) is 6.42 Å². The minimum atomic E-state index is -4.02. The highest BCUT2D eigenvalue weighted by Gasteiger charge is 2.26. The number of rotatable bonds is 5. The molecule has 0 spiro atoms. The van der Waals surface area contributed by atoms with E-state index in [9.17, 15) is 13.2 Å².